The number of benzene rings is 3. The first-order valence-electron chi connectivity index (χ1n) is 7.21. The Kier molecular flexibility index (Phi) is 6.55. The molecule has 0 spiro atoms. The van der Waals surface area contributed by atoms with Gasteiger partial charge in [0, 0.05) is 5.39 Å². The van der Waals surface area contributed by atoms with Gasteiger partial charge in [0.1, 0.15) is 10.1 Å². The van der Waals surface area contributed by atoms with E-state index in [0.29, 0.717) is 10.8 Å². The van der Waals surface area contributed by atoms with Gasteiger partial charge >= 0.3 is 43.7 Å². The van der Waals surface area contributed by atoms with Crippen LogP contribution in [-0.4, -0.2) is 61.8 Å². The van der Waals surface area contributed by atoms with Crippen molar-refractivity contribution >= 4 is 76.0 Å². The summed E-state index contributed by atoms with van der Waals surface area (Å²) in [5.41, 5.74) is -0.368. The molecule has 10 heteroatoms. The van der Waals surface area contributed by atoms with E-state index in [1.54, 1.807) is 24.3 Å². The van der Waals surface area contributed by atoms with Gasteiger partial charge in [0.2, 0.25) is 0 Å². The van der Waals surface area contributed by atoms with Crippen LogP contribution < -0.4 is 5.11 Å². The van der Waals surface area contributed by atoms with Crippen molar-refractivity contribution in [1.82, 2.24) is 0 Å². The number of hydrogen-bond acceptors (Lipinski definition) is 7. The first-order chi connectivity index (χ1) is 12.3. The summed E-state index contributed by atoms with van der Waals surface area (Å²) >= 11 is 0. The number of azo groups is 1. The monoisotopic (exact) mass is 410 g/mol. The molecule has 132 valence electrons. The van der Waals surface area contributed by atoms with E-state index in [1.165, 1.54) is 18.2 Å². The fourth-order valence-corrected chi connectivity index (χ4v) is 2.82. The van der Waals surface area contributed by atoms with Crippen LogP contribution in [0.2, 0.25) is 0 Å². The summed E-state index contributed by atoms with van der Waals surface area (Å²) < 4.78 is 32.7. The second-order valence-electron chi connectivity index (χ2n) is 5.28. The molecule has 0 amide bonds. The molecule has 8 nitrogen and oxygen atoms in total. The van der Waals surface area contributed by atoms with Gasteiger partial charge in [-0.25, -0.2) is 13.2 Å². The molecule has 0 unspecified atom stereocenters. The van der Waals surface area contributed by atoms with E-state index in [0.717, 1.165) is 12.1 Å². The minimum Gasteiger partial charge on any atom is -0.870 e. The van der Waals surface area contributed by atoms with E-state index < -0.39 is 32.3 Å². The number of fused-ring (bicyclic) bond motifs is 1. The zero-order chi connectivity index (χ0) is 18.9. The molecule has 0 saturated carbocycles. The smallest absolute Gasteiger partial charge is 0.870 e. The van der Waals surface area contributed by atoms with Crippen LogP contribution in [0.15, 0.2) is 69.7 Å². The average Bonchev–Trinajstić information content (AvgIpc) is 2.60. The predicted molar refractivity (Wildman–Crippen MR) is 94.7 cm³/mol. The molecule has 0 heterocycles. The van der Waals surface area contributed by atoms with Crippen molar-refractivity contribution in [1.29, 1.82) is 0 Å². The summed E-state index contributed by atoms with van der Waals surface area (Å²) in [7, 11) is -4.57. The van der Waals surface area contributed by atoms with Crippen LogP contribution in [0.5, 0.6) is 5.75 Å². The number of carbonyl (C=O) groups is 1. The van der Waals surface area contributed by atoms with E-state index in [1.807, 2.05) is 0 Å². The maximum atomic E-state index is 12.4. The predicted octanol–water partition coefficient (Wildman–Crippen LogP) is 2.55. The molecule has 0 radical (unpaired) electrons. The zero-order valence-electron chi connectivity index (χ0n) is 13.7. The molecular formula is C17H10CaN2O6S. The summed E-state index contributed by atoms with van der Waals surface area (Å²) in [6, 6.07) is 12.5. The van der Waals surface area contributed by atoms with Crippen LogP contribution >= 0.6 is 0 Å². The number of nitrogens with zero attached hydrogens (tertiary/aromatic N) is 2. The number of carboxylic acids is 1. The normalized spacial score (nSPS) is 11.4. The Morgan fingerprint density at radius 3 is 2.22 bits per heavy atom. The van der Waals surface area contributed by atoms with Gasteiger partial charge in [-0.05, 0) is 35.7 Å². The summed E-state index contributed by atoms with van der Waals surface area (Å²) in [6.07, 6.45) is 0. The van der Waals surface area contributed by atoms with Crippen LogP contribution in [0.3, 0.4) is 0 Å². The van der Waals surface area contributed by atoms with Crippen molar-refractivity contribution in [2.75, 3.05) is 0 Å². The van der Waals surface area contributed by atoms with E-state index in [2.05, 4.69) is 10.2 Å². The van der Waals surface area contributed by atoms with Crippen molar-refractivity contribution in [3.05, 3.63) is 60.2 Å². The Bertz CT molecular complexity index is 1140. The molecule has 3 aromatic rings. The van der Waals surface area contributed by atoms with Crippen LogP contribution in [0.4, 0.5) is 11.4 Å². The van der Waals surface area contributed by atoms with Gasteiger partial charge in [-0.2, -0.15) is 10.2 Å². The average molecular weight is 410 g/mol. The van der Waals surface area contributed by atoms with Gasteiger partial charge in [-0.3, -0.25) is 0 Å². The third-order valence-electron chi connectivity index (χ3n) is 3.60. The quantitative estimate of drug-likeness (QED) is 0.398. The van der Waals surface area contributed by atoms with E-state index >= 15 is 0 Å². The number of hydrogen-bond donors (Lipinski definition) is 1. The van der Waals surface area contributed by atoms with Gasteiger partial charge in [0.05, 0.1) is 21.8 Å². The second kappa shape index (κ2) is 8.32. The Morgan fingerprint density at radius 1 is 1.00 bits per heavy atom. The van der Waals surface area contributed by atoms with Crippen molar-refractivity contribution < 1.29 is 28.0 Å². The van der Waals surface area contributed by atoms with Crippen LogP contribution in [0, 0.1) is 0 Å². The third-order valence-corrected chi connectivity index (χ3v) is 4.45. The van der Waals surface area contributed by atoms with Crippen LogP contribution in [0.25, 0.3) is 10.8 Å². The van der Waals surface area contributed by atoms with Crippen molar-refractivity contribution in [3.8, 4) is 5.75 Å². The summed E-state index contributed by atoms with van der Waals surface area (Å²) in [6.45, 7) is 0. The van der Waals surface area contributed by atoms with Crippen LogP contribution in [0.1, 0.15) is 10.4 Å². The Hall–Kier alpha value is -2.04. The van der Waals surface area contributed by atoms with Crippen LogP contribution in [-0.2, 0) is 10.1 Å². The van der Waals surface area contributed by atoms with Gasteiger partial charge in [-0.1, -0.05) is 30.0 Å². The molecule has 0 saturated heterocycles. The molecule has 0 aliphatic rings. The maximum absolute atomic E-state index is 12.4. The van der Waals surface area contributed by atoms with Crippen molar-refractivity contribution in [2.24, 2.45) is 10.2 Å². The van der Waals surface area contributed by atoms with Gasteiger partial charge < -0.3 is 14.8 Å². The molecule has 0 aliphatic carbocycles. The summed E-state index contributed by atoms with van der Waals surface area (Å²) in [4.78, 5) is 10.8. The van der Waals surface area contributed by atoms with E-state index in [9.17, 15) is 28.0 Å². The van der Waals surface area contributed by atoms with Crippen molar-refractivity contribution in [2.45, 2.75) is 4.90 Å². The fourth-order valence-electron chi connectivity index (χ4n) is 2.35. The molecule has 3 rings (SSSR count). The molecule has 3 aromatic carbocycles. The van der Waals surface area contributed by atoms with E-state index in [-0.39, 0.29) is 49.1 Å². The minimum atomic E-state index is -4.57. The molecular weight excluding hydrogens is 400 g/mol. The second-order valence-corrected chi connectivity index (χ2v) is 6.66. The molecule has 0 atom stereocenters. The third kappa shape index (κ3) is 4.63. The SMILES string of the molecule is O=C(O)c1cc2ccccc2c(N=Nc2ccc(S(=O)(=O)[O-])cc2)c1[O-].[Ca+2]. The fraction of sp³-hybridized carbons (Fsp3) is 0. The largest absolute Gasteiger partial charge is 2.00 e. The maximum Gasteiger partial charge on any atom is 2.00 e. The standard InChI is InChI=1S/C17H12N2O6S.Ca/c20-16-14(17(21)22)9-10-3-1-2-4-13(10)15(16)19-18-11-5-7-12(8-6-11)26(23,24)25;/h1-9,20H,(H,21,22)(H,23,24,25);/q;+2/p-2. The first kappa shape index (κ1) is 21.3. The summed E-state index contributed by atoms with van der Waals surface area (Å²) in [5, 5.41) is 30.2. The number of carboxylic acid groups (broad SMARTS) is 1. The molecule has 1 N–H and O–H groups in total. The van der Waals surface area contributed by atoms with Gasteiger partial charge in [-0.15, -0.1) is 0 Å². The topological polar surface area (TPSA) is 142 Å². The number of rotatable bonds is 4. The molecule has 27 heavy (non-hydrogen) atoms. The Labute approximate surface area is 183 Å². The summed E-state index contributed by atoms with van der Waals surface area (Å²) in [5.74, 6) is -2.15. The molecule has 0 fully saturated rings. The molecule has 0 aromatic heterocycles. The first-order valence-corrected chi connectivity index (χ1v) is 8.62. The van der Waals surface area contributed by atoms with Gasteiger partial charge in [0.25, 0.3) is 0 Å². The van der Waals surface area contributed by atoms with E-state index in [4.69, 9.17) is 0 Å². The Balaban J connectivity index is 0.00000261. The molecule has 0 bridgehead atoms. The Morgan fingerprint density at radius 2 is 1.63 bits per heavy atom. The molecule has 0 aliphatic heterocycles. The van der Waals surface area contributed by atoms with Crippen molar-refractivity contribution in [3.63, 3.8) is 0 Å². The zero-order valence-corrected chi connectivity index (χ0v) is 16.7. The number of aromatic carboxylic acids is 1. The minimum absolute atomic E-state index is 0. The van der Waals surface area contributed by atoms with Gasteiger partial charge in [0.15, 0.2) is 0 Å².